The summed E-state index contributed by atoms with van der Waals surface area (Å²) in [5, 5.41) is 2.44. The van der Waals surface area contributed by atoms with Crippen molar-refractivity contribution in [3.63, 3.8) is 0 Å². The average Bonchev–Trinajstić information content (AvgIpc) is 2.18. The fraction of sp³-hybridized carbons (Fsp3) is 0.429. The summed E-state index contributed by atoms with van der Waals surface area (Å²) in [5.41, 5.74) is 0.245. The molecule has 4 heteroatoms. The van der Waals surface area contributed by atoms with E-state index in [2.05, 4.69) is 5.32 Å². The predicted octanol–water partition coefficient (Wildman–Crippen LogP) is -0.869. The smallest absolute Gasteiger partial charge is 0.256 e. The third-order valence-corrected chi connectivity index (χ3v) is 1.34. The molecule has 1 saturated heterocycles. The van der Waals surface area contributed by atoms with Gasteiger partial charge in [-0.15, -0.1) is 0 Å². The van der Waals surface area contributed by atoms with E-state index in [1.165, 1.54) is 6.20 Å². The molecule has 11 heavy (non-hydrogen) atoms. The van der Waals surface area contributed by atoms with Crippen LogP contribution in [0.3, 0.4) is 0 Å². The molecule has 0 aromatic carbocycles. The SMILES string of the molecule is CN(C)C=C1C(=O)CNC1=O. The molecule has 1 aliphatic rings. The Bertz CT molecular complexity index is 213. The first kappa shape index (κ1) is 7.78. The maximum Gasteiger partial charge on any atom is 0.256 e. The highest BCUT2D eigenvalue weighted by molar-refractivity contribution is 6.24. The Balaban J connectivity index is 2.84. The number of carbonyl (C=O) groups excluding carboxylic acids is 2. The number of carbonyl (C=O) groups is 2. The zero-order chi connectivity index (χ0) is 8.43. The molecule has 1 rings (SSSR count). The van der Waals surface area contributed by atoms with Gasteiger partial charge in [0.15, 0.2) is 5.78 Å². The van der Waals surface area contributed by atoms with Crippen LogP contribution in [0.4, 0.5) is 0 Å². The second-order valence-corrected chi connectivity index (χ2v) is 2.61. The molecule has 1 aliphatic heterocycles. The van der Waals surface area contributed by atoms with Gasteiger partial charge >= 0.3 is 0 Å². The van der Waals surface area contributed by atoms with Gasteiger partial charge in [0, 0.05) is 20.3 Å². The van der Waals surface area contributed by atoms with E-state index in [0.717, 1.165) is 0 Å². The van der Waals surface area contributed by atoms with Gasteiger partial charge in [0.2, 0.25) is 0 Å². The van der Waals surface area contributed by atoms with E-state index < -0.39 is 0 Å². The minimum absolute atomic E-state index is 0.135. The first-order valence-electron chi connectivity index (χ1n) is 3.31. The second-order valence-electron chi connectivity index (χ2n) is 2.61. The van der Waals surface area contributed by atoms with Crippen LogP contribution >= 0.6 is 0 Å². The van der Waals surface area contributed by atoms with E-state index in [-0.39, 0.29) is 23.8 Å². The summed E-state index contributed by atoms with van der Waals surface area (Å²) in [6, 6.07) is 0. The Morgan fingerprint density at radius 2 is 2.09 bits per heavy atom. The molecular formula is C7H10N2O2. The maximum absolute atomic E-state index is 10.9. The quantitative estimate of drug-likeness (QED) is 0.394. The Morgan fingerprint density at radius 3 is 2.45 bits per heavy atom. The van der Waals surface area contributed by atoms with E-state index >= 15 is 0 Å². The normalized spacial score (nSPS) is 20.7. The molecule has 1 heterocycles. The third kappa shape index (κ3) is 1.58. The number of nitrogens with one attached hydrogen (secondary N) is 1. The van der Waals surface area contributed by atoms with Crippen molar-refractivity contribution in [2.75, 3.05) is 20.6 Å². The van der Waals surface area contributed by atoms with Crippen LogP contribution in [0.5, 0.6) is 0 Å². The molecule has 60 valence electrons. The van der Waals surface area contributed by atoms with E-state index in [4.69, 9.17) is 0 Å². The monoisotopic (exact) mass is 154 g/mol. The van der Waals surface area contributed by atoms with Crippen LogP contribution in [0.25, 0.3) is 0 Å². The van der Waals surface area contributed by atoms with Crippen LogP contribution in [0, 0.1) is 0 Å². The number of hydrogen-bond acceptors (Lipinski definition) is 3. The van der Waals surface area contributed by atoms with Crippen molar-refractivity contribution in [3.05, 3.63) is 11.8 Å². The van der Waals surface area contributed by atoms with Gasteiger partial charge < -0.3 is 10.2 Å². The van der Waals surface area contributed by atoms with E-state index in [1.807, 2.05) is 0 Å². The number of hydrogen-bond donors (Lipinski definition) is 1. The van der Waals surface area contributed by atoms with Crippen LogP contribution in [0.15, 0.2) is 11.8 Å². The van der Waals surface area contributed by atoms with E-state index in [1.54, 1.807) is 19.0 Å². The molecule has 0 unspecified atom stereocenters. The van der Waals surface area contributed by atoms with Gasteiger partial charge in [-0.3, -0.25) is 9.59 Å². The van der Waals surface area contributed by atoms with Crippen molar-refractivity contribution in [3.8, 4) is 0 Å². The fourth-order valence-corrected chi connectivity index (χ4v) is 0.866. The molecule has 1 amide bonds. The molecule has 0 aliphatic carbocycles. The molecule has 0 aromatic heterocycles. The summed E-state index contributed by atoms with van der Waals surface area (Å²) in [7, 11) is 3.54. The largest absolute Gasteiger partial charge is 0.383 e. The third-order valence-electron chi connectivity index (χ3n) is 1.34. The maximum atomic E-state index is 10.9. The van der Waals surface area contributed by atoms with Gasteiger partial charge in [-0.05, 0) is 0 Å². The summed E-state index contributed by atoms with van der Waals surface area (Å²) >= 11 is 0. The molecule has 1 N–H and O–H groups in total. The van der Waals surface area contributed by atoms with Gasteiger partial charge in [-0.1, -0.05) is 0 Å². The highest BCUT2D eigenvalue weighted by atomic mass is 16.2. The van der Waals surface area contributed by atoms with Crippen molar-refractivity contribution in [1.82, 2.24) is 10.2 Å². The summed E-state index contributed by atoms with van der Waals surface area (Å²) in [5.74, 6) is -0.410. The number of rotatable bonds is 1. The molecule has 4 nitrogen and oxygen atoms in total. The van der Waals surface area contributed by atoms with E-state index in [0.29, 0.717) is 0 Å². The Labute approximate surface area is 64.9 Å². The van der Waals surface area contributed by atoms with Gasteiger partial charge in [0.25, 0.3) is 5.91 Å². The lowest BCUT2D eigenvalue weighted by Gasteiger charge is -2.03. The summed E-state index contributed by atoms with van der Waals surface area (Å²) < 4.78 is 0. The second kappa shape index (κ2) is 2.74. The van der Waals surface area contributed by atoms with Gasteiger partial charge in [0.1, 0.15) is 5.57 Å². The number of nitrogens with zero attached hydrogens (tertiary/aromatic N) is 1. The van der Waals surface area contributed by atoms with Crippen LogP contribution in [-0.4, -0.2) is 37.2 Å². The Hall–Kier alpha value is -1.32. The van der Waals surface area contributed by atoms with Gasteiger partial charge in [-0.25, -0.2) is 0 Å². The van der Waals surface area contributed by atoms with Gasteiger partial charge in [-0.2, -0.15) is 0 Å². The topological polar surface area (TPSA) is 49.4 Å². The molecule has 0 aromatic rings. The first-order chi connectivity index (χ1) is 5.11. The molecule has 0 spiro atoms. The minimum atomic E-state index is -0.274. The summed E-state index contributed by atoms with van der Waals surface area (Å²) in [4.78, 5) is 23.5. The lowest BCUT2D eigenvalue weighted by molar-refractivity contribution is -0.117. The average molecular weight is 154 g/mol. The highest BCUT2D eigenvalue weighted by Gasteiger charge is 2.25. The van der Waals surface area contributed by atoms with Crippen molar-refractivity contribution >= 4 is 11.7 Å². The molecule has 0 bridgehead atoms. The lowest BCUT2D eigenvalue weighted by Crippen LogP contribution is -2.15. The van der Waals surface area contributed by atoms with Crippen molar-refractivity contribution in [2.24, 2.45) is 0 Å². The zero-order valence-electron chi connectivity index (χ0n) is 6.55. The summed E-state index contributed by atoms with van der Waals surface area (Å²) in [6.45, 7) is 0.137. The number of amides is 1. The first-order valence-corrected chi connectivity index (χ1v) is 3.31. The van der Waals surface area contributed by atoms with Crippen LogP contribution < -0.4 is 5.32 Å². The zero-order valence-corrected chi connectivity index (χ0v) is 6.55. The molecule has 0 atom stereocenters. The van der Waals surface area contributed by atoms with Crippen LogP contribution in [-0.2, 0) is 9.59 Å². The Kier molecular flexibility index (Phi) is 1.94. The van der Waals surface area contributed by atoms with E-state index in [9.17, 15) is 9.59 Å². The highest BCUT2D eigenvalue weighted by Crippen LogP contribution is 2.03. The van der Waals surface area contributed by atoms with Crippen molar-refractivity contribution < 1.29 is 9.59 Å². The molecular weight excluding hydrogens is 144 g/mol. The van der Waals surface area contributed by atoms with Crippen LogP contribution in [0.2, 0.25) is 0 Å². The molecule has 0 saturated carbocycles. The summed E-state index contributed by atoms with van der Waals surface area (Å²) in [6.07, 6.45) is 1.53. The molecule has 1 fully saturated rings. The van der Waals surface area contributed by atoms with Crippen molar-refractivity contribution in [1.29, 1.82) is 0 Å². The standard InChI is InChI=1S/C7H10N2O2/c1-9(2)4-5-6(10)3-8-7(5)11/h4H,3H2,1-2H3,(H,8,11). The number of Topliss-reactive ketones (excluding diaryl/α,β-unsaturated/α-hetero) is 1. The lowest BCUT2D eigenvalue weighted by atomic mass is 10.2. The number of ketones is 1. The van der Waals surface area contributed by atoms with Gasteiger partial charge in [0.05, 0.1) is 6.54 Å². The Morgan fingerprint density at radius 1 is 1.45 bits per heavy atom. The predicted molar refractivity (Wildman–Crippen MR) is 39.8 cm³/mol. The van der Waals surface area contributed by atoms with Crippen LogP contribution in [0.1, 0.15) is 0 Å². The molecule has 0 radical (unpaired) electrons. The van der Waals surface area contributed by atoms with Crippen molar-refractivity contribution in [2.45, 2.75) is 0 Å². The minimum Gasteiger partial charge on any atom is -0.383 e. The fourth-order valence-electron chi connectivity index (χ4n) is 0.866.